The van der Waals surface area contributed by atoms with Gasteiger partial charge in [0.15, 0.2) is 0 Å². The SMILES string of the molecule is CC1(C)c2ccccc2-c2ccc(N(c3ccc(-n4c5ccccc5c5ccccc54)cc3)c3cccc(-c4ccccc4)c3-c3ccccc3-c3ccccc3)cc21. The van der Waals surface area contributed by atoms with Crippen LogP contribution in [0.2, 0.25) is 0 Å². The second-order valence-corrected chi connectivity index (χ2v) is 16.1. The maximum Gasteiger partial charge on any atom is 0.0546 e. The number of hydrogen-bond donors (Lipinski definition) is 0. The predicted octanol–water partition coefficient (Wildman–Crippen LogP) is 15.6. The van der Waals surface area contributed by atoms with E-state index in [-0.39, 0.29) is 5.41 Å². The summed E-state index contributed by atoms with van der Waals surface area (Å²) in [4.78, 5) is 2.48. The van der Waals surface area contributed by atoms with Crippen molar-refractivity contribution in [2.24, 2.45) is 0 Å². The average molecular weight is 755 g/mol. The summed E-state index contributed by atoms with van der Waals surface area (Å²) in [7, 11) is 0. The molecule has 0 saturated carbocycles. The first-order valence-corrected chi connectivity index (χ1v) is 20.5. The molecule has 10 aromatic rings. The third kappa shape index (κ3) is 5.63. The molecule has 0 atom stereocenters. The Labute approximate surface area is 345 Å². The summed E-state index contributed by atoms with van der Waals surface area (Å²) in [5, 5.41) is 2.52. The number of nitrogens with zero attached hydrogens (tertiary/aromatic N) is 2. The fourth-order valence-corrected chi connectivity index (χ4v) is 9.65. The third-order valence-corrected chi connectivity index (χ3v) is 12.4. The van der Waals surface area contributed by atoms with Gasteiger partial charge in [-0.2, -0.15) is 0 Å². The van der Waals surface area contributed by atoms with E-state index in [1.807, 2.05) is 0 Å². The van der Waals surface area contributed by atoms with Gasteiger partial charge in [-0.25, -0.2) is 0 Å². The minimum Gasteiger partial charge on any atom is -0.310 e. The van der Waals surface area contributed by atoms with Crippen LogP contribution >= 0.6 is 0 Å². The van der Waals surface area contributed by atoms with Gasteiger partial charge in [0.05, 0.1) is 16.7 Å². The highest BCUT2D eigenvalue weighted by Crippen LogP contribution is 2.52. The highest BCUT2D eigenvalue weighted by molar-refractivity contribution is 6.09. The first kappa shape index (κ1) is 34.8. The Morgan fingerprint density at radius 3 is 1.56 bits per heavy atom. The maximum atomic E-state index is 2.48. The van der Waals surface area contributed by atoms with Crippen LogP contribution in [-0.2, 0) is 5.41 Å². The fourth-order valence-electron chi connectivity index (χ4n) is 9.65. The van der Waals surface area contributed by atoms with Gasteiger partial charge in [0.25, 0.3) is 0 Å². The largest absolute Gasteiger partial charge is 0.310 e. The molecule has 2 heteroatoms. The van der Waals surface area contributed by atoms with Gasteiger partial charge >= 0.3 is 0 Å². The number of hydrogen-bond acceptors (Lipinski definition) is 1. The molecule has 1 aromatic heterocycles. The molecule has 1 aliphatic rings. The van der Waals surface area contributed by atoms with Crippen molar-refractivity contribution in [3.05, 3.63) is 230 Å². The van der Waals surface area contributed by atoms with E-state index in [2.05, 4.69) is 242 Å². The molecule has 0 fully saturated rings. The monoisotopic (exact) mass is 754 g/mol. The van der Waals surface area contributed by atoms with E-state index in [0.717, 1.165) is 22.7 Å². The Morgan fingerprint density at radius 1 is 0.373 bits per heavy atom. The number of rotatable bonds is 7. The molecule has 59 heavy (non-hydrogen) atoms. The van der Waals surface area contributed by atoms with Crippen LogP contribution in [0.25, 0.3) is 72.0 Å². The Bertz CT molecular complexity index is 3120. The van der Waals surface area contributed by atoms with E-state index in [9.17, 15) is 0 Å². The molecule has 1 aliphatic carbocycles. The third-order valence-electron chi connectivity index (χ3n) is 12.4. The molecule has 0 radical (unpaired) electrons. The van der Waals surface area contributed by atoms with Crippen molar-refractivity contribution in [2.45, 2.75) is 19.3 Å². The number of aromatic nitrogens is 1. The van der Waals surface area contributed by atoms with Gasteiger partial charge in [-0.3, -0.25) is 0 Å². The van der Waals surface area contributed by atoms with Crippen LogP contribution in [0.1, 0.15) is 25.0 Å². The highest BCUT2D eigenvalue weighted by atomic mass is 15.1. The van der Waals surface area contributed by atoms with Crippen molar-refractivity contribution in [1.29, 1.82) is 0 Å². The fraction of sp³-hybridized carbons (Fsp3) is 0.0526. The normalized spacial score (nSPS) is 12.7. The molecule has 11 rings (SSSR count). The Balaban J connectivity index is 1.17. The molecule has 0 saturated heterocycles. The van der Waals surface area contributed by atoms with Crippen molar-refractivity contribution >= 4 is 38.9 Å². The average Bonchev–Trinajstić information content (AvgIpc) is 3.75. The van der Waals surface area contributed by atoms with Crippen LogP contribution in [-0.4, -0.2) is 4.57 Å². The second-order valence-electron chi connectivity index (χ2n) is 16.1. The topological polar surface area (TPSA) is 8.17 Å². The molecule has 1 heterocycles. The minimum atomic E-state index is -0.150. The lowest BCUT2D eigenvalue weighted by Gasteiger charge is -2.31. The molecular formula is C57H42N2. The lowest BCUT2D eigenvalue weighted by molar-refractivity contribution is 0.660. The predicted molar refractivity (Wildman–Crippen MR) is 249 cm³/mol. The quantitative estimate of drug-likeness (QED) is 0.157. The van der Waals surface area contributed by atoms with E-state index in [4.69, 9.17) is 0 Å². The van der Waals surface area contributed by atoms with E-state index in [1.54, 1.807) is 0 Å². The first-order chi connectivity index (χ1) is 29.1. The summed E-state index contributed by atoms with van der Waals surface area (Å²) < 4.78 is 2.39. The van der Waals surface area contributed by atoms with Crippen LogP contribution in [0, 0.1) is 0 Å². The summed E-state index contributed by atoms with van der Waals surface area (Å²) in [6.07, 6.45) is 0. The molecule has 0 amide bonds. The summed E-state index contributed by atoms with van der Waals surface area (Å²) in [5.74, 6) is 0. The molecule has 0 spiro atoms. The van der Waals surface area contributed by atoms with Crippen LogP contribution in [0.3, 0.4) is 0 Å². The molecule has 0 N–H and O–H groups in total. The standard InChI is InChI=1S/C57H42N2/c1-57(2)51-28-14-11-23-46(51)47-37-36-43(38-52(47)57)58(41-32-34-42(35-33-41)59-53-29-15-12-24-48(53)49-25-13-16-30-54(49)59)55-31-17-27-45(40-20-7-4-8-21-40)56(55)50-26-10-9-22-44(50)39-18-5-3-6-19-39/h3-38H,1-2H3. The van der Waals surface area contributed by atoms with Crippen LogP contribution in [0.5, 0.6) is 0 Å². The first-order valence-electron chi connectivity index (χ1n) is 20.5. The zero-order valence-corrected chi connectivity index (χ0v) is 33.2. The van der Waals surface area contributed by atoms with Gasteiger partial charge in [-0.05, 0) is 105 Å². The number of benzene rings is 9. The van der Waals surface area contributed by atoms with E-state index < -0.39 is 0 Å². The van der Waals surface area contributed by atoms with Gasteiger partial charge in [0, 0.05) is 38.8 Å². The summed E-state index contributed by atoms with van der Waals surface area (Å²) in [6, 6.07) is 79.9. The van der Waals surface area contributed by atoms with Crippen molar-refractivity contribution in [1.82, 2.24) is 4.57 Å². The minimum absolute atomic E-state index is 0.150. The molecule has 2 nitrogen and oxygen atoms in total. The summed E-state index contributed by atoms with van der Waals surface area (Å²) >= 11 is 0. The molecule has 280 valence electrons. The van der Waals surface area contributed by atoms with Crippen LogP contribution in [0.4, 0.5) is 17.1 Å². The number of para-hydroxylation sites is 2. The zero-order valence-electron chi connectivity index (χ0n) is 33.2. The lowest BCUT2D eigenvalue weighted by atomic mass is 9.82. The van der Waals surface area contributed by atoms with Gasteiger partial charge in [-0.15, -0.1) is 0 Å². The van der Waals surface area contributed by atoms with E-state index in [1.165, 1.54) is 77.4 Å². The van der Waals surface area contributed by atoms with Gasteiger partial charge < -0.3 is 9.47 Å². The van der Waals surface area contributed by atoms with Gasteiger partial charge in [0.1, 0.15) is 0 Å². The van der Waals surface area contributed by atoms with Crippen LogP contribution < -0.4 is 4.90 Å². The van der Waals surface area contributed by atoms with Crippen molar-refractivity contribution in [3.8, 4) is 50.2 Å². The summed E-state index contributed by atoms with van der Waals surface area (Å²) in [5.41, 5.74) is 19.2. The molecule has 0 unspecified atom stereocenters. The lowest BCUT2D eigenvalue weighted by Crippen LogP contribution is -2.17. The highest BCUT2D eigenvalue weighted by Gasteiger charge is 2.36. The smallest absolute Gasteiger partial charge is 0.0546 e. The van der Waals surface area contributed by atoms with Crippen LogP contribution in [0.15, 0.2) is 218 Å². The summed E-state index contributed by atoms with van der Waals surface area (Å²) in [6.45, 7) is 4.73. The Morgan fingerprint density at radius 2 is 0.881 bits per heavy atom. The van der Waals surface area contributed by atoms with Gasteiger partial charge in [0.2, 0.25) is 0 Å². The van der Waals surface area contributed by atoms with Crippen molar-refractivity contribution < 1.29 is 0 Å². The zero-order chi connectivity index (χ0) is 39.5. The van der Waals surface area contributed by atoms with E-state index >= 15 is 0 Å². The van der Waals surface area contributed by atoms with Crippen molar-refractivity contribution in [2.75, 3.05) is 4.90 Å². The molecule has 0 bridgehead atoms. The number of fused-ring (bicyclic) bond motifs is 6. The Hall–Kier alpha value is -7.42. The maximum absolute atomic E-state index is 2.48. The van der Waals surface area contributed by atoms with Gasteiger partial charge in [-0.1, -0.05) is 178 Å². The number of anilines is 3. The van der Waals surface area contributed by atoms with Crippen molar-refractivity contribution in [3.63, 3.8) is 0 Å². The Kier molecular flexibility index (Phi) is 8.20. The second kappa shape index (κ2) is 13.9. The van der Waals surface area contributed by atoms with E-state index in [0.29, 0.717) is 0 Å². The molecular weight excluding hydrogens is 713 g/mol. The molecule has 0 aliphatic heterocycles. The molecule has 9 aromatic carbocycles.